The molecule has 0 spiro atoms. The Labute approximate surface area is 149 Å². The summed E-state index contributed by atoms with van der Waals surface area (Å²) in [4.78, 5) is 19.3. The van der Waals surface area contributed by atoms with Crippen LogP contribution >= 0.6 is 11.6 Å². The van der Waals surface area contributed by atoms with Gasteiger partial charge in [-0.1, -0.05) is 23.7 Å². The Hall–Kier alpha value is -1.14. The van der Waals surface area contributed by atoms with Gasteiger partial charge in [0.2, 0.25) is 5.91 Å². The van der Waals surface area contributed by atoms with Gasteiger partial charge in [0.05, 0.1) is 19.3 Å². The summed E-state index contributed by atoms with van der Waals surface area (Å²) in [5.41, 5.74) is 1.24. The Balaban J connectivity index is 1.48. The lowest BCUT2D eigenvalue weighted by atomic mass is 10.1. The van der Waals surface area contributed by atoms with Crippen molar-refractivity contribution in [2.24, 2.45) is 0 Å². The molecule has 0 aliphatic carbocycles. The molecule has 3 rings (SSSR count). The third kappa shape index (κ3) is 4.48. The van der Waals surface area contributed by atoms with E-state index in [2.05, 4.69) is 15.9 Å². The van der Waals surface area contributed by atoms with Gasteiger partial charge in [0.25, 0.3) is 0 Å². The standard InChI is InChI=1S/C18H26ClN3O2/c1-15(18(23)22-9-11-24-12-10-22)21-7-5-20(6-8-21)14-16-3-2-4-17(19)13-16/h2-4,13,15H,5-12,14H2,1H3/t15-/m0/s1. The minimum atomic E-state index is -0.0450. The lowest BCUT2D eigenvalue weighted by molar-refractivity contribution is -0.141. The summed E-state index contributed by atoms with van der Waals surface area (Å²) >= 11 is 6.06. The van der Waals surface area contributed by atoms with Crippen molar-refractivity contribution < 1.29 is 9.53 Å². The lowest BCUT2D eigenvalue weighted by Crippen LogP contribution is -2.55. The molecule has 0 aromatic heterocycles. The molecule has 2 fully saturated rings. The molecule has 2 aliphatic rings. The van der Waals surface area contributed by atoms with Crippen molar-refractivity contribution in [1.29, 1.82) is 0 Å². The van der Waals surface area contributed by atoms with Gasteiger partial charge in [0, 0.05) is 50.8 Å². The van der Waals surface area contributed by atoms with Gasteiger partial charge in [0.1, 0.15) is 0 Å². The lowest BCUT2D eigenvalue weighted by Gasteiger charge is -2.39. The molecule has 1 aromatic rings. The van der Waals surface area contributed by atoms with Crippen molar-refractivity contribution in [3.05, 3.63) is 34.9 Å². The van der Waals surface area contributed by atoms with Crippen molar-refractivity contribution in [2.45, 2.75) is 19.5 Å². The van der Waals surface area contributed by atoms with E-state index in [1.165, 1.54) is 5.56 Å². The number of hydrogen-bond donors (Lipinski definition) is 0. The molecule has 2 aliphatic heterocycles. The fourth-order valence-electron chi connectivity index (χ4n) is 3.41. The quantitative estimate of drug-likeness (QED) is 0.827. The molecule has 1 amide bonds. The highest BCUT2D eigenvalue weighted by Crippen LogP contribution is 2.15. The molecule has 6 heteroatoms. The van der Waals surface area contributed by atoms with E-state index in [9.17, 15) is 4.79 Å². The molecule has 0 N–H and O–H groups in total. The van der Waals surface area contributed by atoms with Gasteiger partial charge in [-0.3, -0.25) is 14.6 Å². The van der Waals surface area contributed by atoms with E-state index < -0.39 is 0 Å². The number of halogens is 1. The molecule has 132 valence electrons. The SMILES string of the molecule is C[C@@H](C(=O)N1CCOCC1)N1CCN(Cc2cccc(Cl)c2)CC1. The van der Waals surface area contributed by atoms with E-state index in [4.69, 9.17) is 16.3 Å². The fraction of sp³-hybridized carbons (Fsp3) is 0.611. The maximum atomic E-state index is 12.6. The summed E-state index contributed by atoms with van der Waals surface area (Å²) in [6.45, 7) is 9.52. The van der Waals surface area contributed by atoms with Crippen molar-refractivity contribution in [3.8, 4) is 0 Å². The molecule has 0 bridgehead atoms. The molecule has 5 nitrogen and oxygen atoms in total. The number of rotatable bonds is 4. The van der Waals surface area contributed by atoms with Crippen LogP contribution < -0.4 is 0 Å². The van der Waals surface area contributed by atoms with Gasteiger partial charge in [-0.25, -0.2) is 0 Å². The molecular formula is C18H26ClN3O2. The van der Waals surface area contributed by atoms with E-state index in [0.717, 1.165) is 50.8 Å². The number of nitrogens with zero attached hydrogens (tertiary/aromatic N) is 3. The number of carbonyl (C=O) groups is 1. The van der Waals surface area contributed by atoms with E-state index in [-0.39, 0.29) is 11.9 Å². The summed E-state index contributed by atoms with van der Waals surface area (Å²) < 4.78 is 5.33. The summed E-state index contributed by atoms with van der Waals surface area (Å²) in [5, 5.41) is 0.788. The topological polar surface area (TPSA) is 36.0 Å². The molecule has 0 radical (unpaired) electrons. The fourth-order valence-corrected chi connectivity index (χ4v) is 3.62. The molecule has 2 heterocycles. The van der Waals surface area contributed by atoms with Crippen LogP contribution in [0.5, 0.6) is 0 Å². The highest BCUT2D eigenvalue weighted by Gasteiger charge is 2.29. The zero-order chi connectivity index (χ0) is 16.9. The Bertz CT molecular complexity index is 555. The van der Waals surface area contributed by atoms with Crippen LogP contribution in [-0.2, 0) is 16.1 Å². The van der Waals surface area contributed by atoms with Gasteiger partial charge in [0.15, 0.2) is 0 Å². The van der Waals surface area contributed by atoms with Crippen LogP contribution in [0.3, 0.4) is 0 Å². The first-order valence-corrected chi connectivity index (χ1v) is 9.08. The molecule has 24 heavy (non-hydrogen) atoms. The maximum absolute atomic E-state index is 12.6. The molecule has 1 atom stereocenters. The molecule has 2 saturated heterocycles. The van der Waals surface area contributed by atoms with Gasteiger partial charge in [-0.05, 0) is 24.6 Å². The second kappa shape index (κ2) is 8.30. The highest BCUT2D eigenvalue weighted by atomic mass is 35.5. The normalized spacial score (nSPS) is 21.7. The smallest absolute Gasteiger partial charge is 0.239 e. The zero-order valence-electron chi connectivity index (χ0n) is 14.3. The molecule has 1 aromatic carbocycles. The average molecular weight is 352 g/mol. The Morgan fingerprint density at radius 1 is 1.17 bits per heavy atom. The average Bonchev–Trinajstić information content (AvgIpc) is 2.62. The first-order chi connectivity index (χ1) is 11.6. The largest absolute Gasteiger partial charge is 0.378 e. The second-order valence-corrected chi connectivity index (χ2v) is 6.99. The number of amides is 1. The maximum Gasteiger partial charge on any atom is 0.239 e. The van der Waals surface area contributed by atoms with Crippen LogP contribution in [0.1, 0.15) is 12.5 Å². The predicted molar refractivity (Wildman–Crippen MR) is 95.2 cm³/mol. The van der Waals surface area contributed by atoms with Gasteiger partial charge >= 0.3 is 0 Å². The Morgan fingerprint density at radius 3 is 2.54 bits per heavy atom. The van der Waals surface area contributed by atoms with E-state index in [0.29, 0.717) is 13.2 Å². The third-order valence-corrected chi connectivity index (χ3v) is 5.17. The molecular weight excluding hydrogens is 326 g/mol. The van der Waals surface area contributed by atoms with E-state index in [1.54, 1.807) is 0 Å². The number of carbonyl (C=O) groups excluding carboxylic acids is 1. The van der Waals surface area contributed by atoms with Gasteiger partial charge in [-0.2, -0.15) is 0 Å². The van der Waals surface area contributed by atoms with Crippen molar-refractivity contribution in [1.82, 2.24) is 14.7 Å². The van der Waals surface area contributed by atoms with Crippen molar-refractivity contribution in [2.75, 3.05) is 52.5 Å². The molecule has 0 saturated carbocycles. The van der Waals surface area contributed by atoms with Crippen LogP contribution in [-0.4, -0.2) is 79.1 Å². The monoisotopic (exact) mass is 351 g/mol. The molecule has 0 unspecified atom stereocenters. The predicted octanol–water partition coefficient (Wildman–Crippen LogP) is 1.70. The number of benzene rings is 1. The van der Waals surface area contributed by atoms with Crippen LogP contribution in [0.2, 0.25) is 5.02 Å². The van der Waals surface area contributed by atoms with Crippen molar-refractivity contribution in [3.63, 3.8) is 0 Å². The minimum absolute atomic E-state index is 0.0450. The Kier molecular flexibility index (Phi) is 6.11. The summed E-state index contributed by atoms with van der Waals surface area (Å²) in [5.74, 6) is 0.238. The van der Waals surface area contributed by atoms with Crippen LogP contribution in [0, 0.1) is 0 Å². The summed E-state index contributed by atoms with van der Waals surface area (Å²) in [7, 11) is 0. The zero-order valence-corrected chi connectivity index (χ0v) is 15.0. The third-order valence-electron chi connectivity index (χ3n) is 4.93. The highest BCUT2D eigenvalue weighted by molar-refractivity contribution is 6.30. The number of ether oxygens (including phenoxy) is 1. The first-order valence-electron chi connectivity index (χ1n) is 8.71. The van der Waals surface area contributed by atoms with E-state index >= 15 is 0 Å². The number of hydrogen-bond acceptors (Lipinski definition) is 4. The summed E-state index contributed by atoms with van der Waals surface area (Å²) in [6.07, 6.45) is 0. The van der Waals surface area contributed by atoms with Crippen LogP contribution in [0.4, 0.5) is 0 Å². The Morgan fingerprint density at radius 2 is 1.88 bits per heavy atom. The summed E-state index contributed by atoms with van der Waals surface area (Å²) in [6, 6.07) is 8.00. The second-order valence-electron chi connectivity index (χ2n) is 6.56. The first kappa shape index (κ1) is 17.7. The van der Waals surface area contributed by atoms with E-state index in [1.807, 2.05) is 30.0 Å². The van der Waals surface area contributed by atoms with Crippen LogP contribution in [0.15, 0.2) is 24.3 Å². The minimum Gasteiger partial charge on any atom is -0.378 e. The van der Waals surface area contributed by atoms with Crippen LogP contribution in [0.25, 0.3) is 0 Å². The number of piperazine rings is 1. The van der Waals surface area contributed by atoms with Crippen molar-refractivity contribution >= 4 is 17.5 Å². The van der Waals surface area contributed by atoms with Gasteiger partial charge in [-0.15, -0.1) is 0 Å². The van der Waals surface area contributed by atoms with Gasteiger partial charge < -0.3 is 9.64 Å². The number of morpholine rings is 1.